The van der Waals surface area contributed by atoms with E-state index in [9.17, 15) is 9.36 Å². The number of pyridine rings is 1. The number of hydrogen-bond donors (Lipinski definition) is 0. The molecule has 3 aromatic carbocycles. The van der Waals surface area contributed by atoms with Crippen molar-refractivity contribution in [3.8, 4) is 28.1 Å². The third kappa shape index (κ3) is 5.46. The number of fused-ring (bicyclic) bond motifs is 3. The van der Waals surface area contributed by atoms with Crippen molar-refractivity contribution in [3.63, 3.8) is 0 Å². The normalized spacial score (nSPS) is 12.2. The summed E-state index contributed by atoms with van der Waals surface area (Å²) in [4.78, 5) is 14.5. The van der Waals surface area contributed by atoms with E-state index < -0.39 is 7.60 Å². The Labute approximate surface area is 234 Å². The molecular weight excluding hydrogens is 523 g/mol. The first-order chi connectivity index (χ1) is 19.2. The Bertz CT molecular complexity index is 1720. The molecule has 206 valence electrons. The molecule has 2 aliphatic heterocycles. The van der Waals surface area contributed by atoms with E-state index in [-0.39, 0.29) is 18.8 Å². The maximum absolute atomic E-state index is 13.5. The van der Waals surface area contributed by atoms with E-state index in [0.29, 0.717) is 11.9 Å². The third-order valence-electron chi connectivity index (χ3n) is 6.49. The van der Waals surface area contributed by atoms with Crippen molar-refractivity contribution in [1.82, 2.24) is 9.55 Å². The number of rotatable bonds is 8. The van der Waals surface area contributed by atoms with Gasteiger partial charge in [0, 0.05) is 22.7 Å². The SMILES string of the molecule is CC(C)(C)OC=O.CCOP(=O)(OCC)c1ccc2cc(-c3c4ccn3-4)cc(-c3cccc4ccccc34)c2n1. The highest BCUT2D eigenvalue weighted by atomic mass is 31.2. The topological polar surface area (TPSA) is 79.6 Å². The molecule has 40 heavy (non-hydrogen) atoms. The van der Waals surface area contributed by atoms with Gasteiger partial charge in [0.25, 0.3) is 6.47 Å². The van der Waals surface area contributed by atoms with Gasteiger partial charge in [-0.1, -0.05) is 48.5 Å². The average molecular weight is 557 g/mol. The zero-order valence-corrected chi connectivity index (χ0v) is 24.3. The summed E-state index contributed by atoms with van der Waals surface area (Å²) in [5, 5.41) is 3.30. The predicted molar refractivity (Wildman–Crippen MR) is 160 cm³/mol. The highest BCUT2D eigenvalue weighted by Crippen LogP contribution is 2.48. The van der Waals surface area contributed by atoms with Crippen LogP contribution in [0.5, 0.6) is 0 Å². The molecule has 0 aliphatic carbocycles. The Morgan fingerprint density at radius 1 is 0.875 bits per heavy atom. The van der Waals surface area contributed by atoms with Gasteiger partial charge in [-0.3, -0.25) is 9.36 Å². The minimum atomic E-state index is -3.50. The number of carbonyl (C=O) groups excluding carboxylic acids is 1. The number of carbonyl (C=O) groups is 1. The number of nitrogens with zero attached hydrogens (tertiary/aromatic N) is 2. The lowest BCUT2D eigenvalue weighted by atomic mass is 9.94. The lowest BCUT2D eigenvalue weighted by Crippen LogP contribution is -2.17. The van der Waals surface area contributed by atoms with Gasteiger partial charge in [0.15, 0.2) is 5.44 Å². The van der Waals surface area contributed by atoms with Gasteiger partial charge in [-0.05, 0) is 75.2 Å². The van der Waals surface area contributed by atoms with Gasteiger partial charge < -0.3 is 18.4 Å². The van der Waals surface area contributed by atoms with Gasteiger partial charge in [0.2, 0.25) is 0 Å². The van der Waals surface area contributed by atoms with Crippen molar-refractivity contribution in [3.05, 3.63) is 79.0 Å². The van der Waals surface area contributed by atoms with Crippen LogP contribution in [0, 0.1) is 0 Å². The van der Waals surface area contributed by atoms with Crippen molar-refractivity contribution >= 4 is 41.2 Å². The molecule has 0 radical (unpaired) electrons. The second kappa shape index (κ2) is 11.0. The second-order valence-electron chi connectivity index (χ2n) is 10.4. The van der Waals surface area contributed by atoms with E-state index in [1.165, 1.54) is 11.4 Å². The van der Waals surface area contributed by atoms with Gasteiger partial charge in [-0.15, -0.1) is 0 Å². The fraction of sp³-hybridized carbons (Fsp3) is 0.250. The number of hydrogen-bond acceptors (Lipinski definition) is 6. The minimum Gasteiger partial charge on any atom is -0.462 e. The van der Waals surface area contributed by atoms with Gasteiger partial charge >= 0.3 is 7.60 Å². The van der Waals surface area contributed by atoms with Crippen LogP contribution in [0.1, 0.15) is 34.6 Å². The molecule has 6 rings (SSSR count). The van der Waals surface area contributed by atoms with Gasteiger partial charge in [0.1, 0.15) is 5.60 Å². The summed E-state index contributed by atoms with van der Waals surface area (Å²) in [6.07, 6.45) is 2.08. The van der Waals surface area contributed by atoms with Crippen LogP contribution in [0.25, 0.3) is 49.7 Å². The minimum absolute atomic E-state index is 0.284. The van der Waals surface area contributed by atoms with Gasteiger partial charge in [0.05, 0.1) is 30.1 Å². The molecular formula is C32H33N2O5P. The van der Waals surface area contributed by atoms with Crippen LogP contribution in [0.3, 0.4) is 0 Å². The number of ether oxygens (including phenoxy) is 1. The molecule has 0 fully saturated rings. The number of aromatic nitrogens is 2. The quantitative estimate of drug-likeness (QED) is 0.141. The van der Waals surface area contributed by atoms with Gasteiger partial charge in [-0.25, -0.2) is 4.98 Å². The molecule has 0 bridgehead atoms. The standard InChI is InChI=1S/C27H23N2O3P.C5H10O2/c1-3-31-33(30,32-4-2)25-13-12-19-16-20(27-24-14-15-29(24)27)17-23(26(19)28-25)22-11-7-9-18-8-5-6-10-21(18)22;1-5(2,3)7-4-6/h5-17H,3-4H2,1-2H3;4H,1-3H3. The van der Waals surface area contributed by atoms with Crippen LogP contribution < -0.4 is 5.44 Å². The Kier molecular flexibility index (Phi) is 7.65. The van der Waals surface area contributed by atoms with Crippen LogP contribution in [-0.2, 0) is 23.1 Å². The summed E-state index contributed by atoms with van der Waals surface area (Å²) in [6.45, 7) is 10.1. The van der Waals surface area contributed by atoms with E-state index in [0.717, 1.165) is 38.4 Å². The Balaban J connectivity index is 0.000000411. The summed E-state index contributed by atoms with van der Waals surface area (Å²) in [5.41, 5.74) is 6.55. The smallest absolute Gasteiger partial charge is 0.379 e. The van der Waals surface area contributed by atoms with E-state index in [1.807, 2.05) is 46.8 Å². The highest BCUT2D eigenvalue weighted by molar-refractivity contribution is 7.61. The van der Waals surface area contributed by atoms with Crippen LogP contribution in [0.15, 0.2) is 79.0 Å². The van der Waals surface area contributed by atoms with Crippen molar-refractivity contribution in [2.75, 3.05) is 13.2 Å². The Morgan fingerprint density at radius 3 is 2.17 bits per heavy atom. The van der Waals surface area contributed by atoms with Crippen molar-refractivity contribution in [2.24, 2.45) is 0 Å². The summed E-state index contributed by atoms with van der Waals surface area (Å²) >= 11 is 0. The maximum Gasteiger partial charge on any atom is 0.379 e. The fourth-order valence-electron chi connectivity index (χ4n) is 4.69. The van der Waals surface area contributed by atoms with E-state index >= 15 is 0 Å². The summed E-state index contributed by atoms with van der Waals surface area (Å²) in [6, 6.07) is 24.8. The summed E-state index contributed by atoms with van der Waals surface area (Å²) in [5.74, 6) is 0. The monoisotopic (exact) mass is 556 g/mol. The molecule has 3 heterocycles. The van der Waals surface area contributed by atoms with E-state index in [4.69, 9.17) is 14.0 Å². The molecule has 2 aliphatic rings. The number of benzene rings is 3. The first-order valence-corrected chi connectivity index (χ1v) is 14.9. The zero-order valence-electron chi connectivity index (χ0n) is 23.4. The zero-order chi connectivity index (χ0) is 28.5. The molecule has 4 aromatic rings. The lowest BCUT2D eigenvalue weighted by molar-refractivity contribution is -0.138. The predicted octanol–water partition coefficient (Wildman–Crippen LogP) is 7.68. The summed E-state index contributed by atoms with van der Waals surface area (Å²) in [7, 11) is -3.50. The molecule has 0 N–H and O–H groups in total. The maximum atomic E-state index is 13.5. The first kappa shape index (κ1) is 27.8. The van der Waals surface area contributed by atoms with E-state index in [2.05, 4.69) is 70.1 Å². The molecule has 0 amide bonds. The third-order valence-corrected chi connectivity index (χ3v) is 8.49. The fourth-order valence-corrected chi connectivity index (χ4v) is 6.19. The van der Waals surface area contributed by atoms with Gasteiger partial charge in [-0.2, -0.15) is 0 Å². The van der Waals surface area contributed by atoms with Crippen molar-refractivity contribution in [1.29, 1.82) is 0 Å². The Morgan fingerprint density at radius 2 is 1.57 bits per heavy atom. The summed E-state index contributed by atoms with van der Waals surface area (Å²) < 4.78 is 31.4. The van der Waals surface area contributed by atoms with Crippen LogP contribution in [0.2, 0.25) is 0 Å². The van der Waals surface area contributed by atoms with E-state index in [1.54, 1.807) is 6.07 Å². The van der Waals surface area contributed by atoms with Crippen LogP contribution in [0.4, 0.5) is 0 Å². The average Bonchev–Trinajstić information content (AvgIpc) is 3.46. The molecule has 0 saturated carbocycles. The molecule has 8 heteroatoms. The van der Waals surface area contributed by atoms with Crippen LogP contribution >= 0.6 is 7.60 Å². The Hall–Kier alpha value is -3.77. The molecule has 0 spiro atoms. The molecule has 1 aromatic heterocycles. The van der Waals surface area contributed by atoms with Crippen LogP contribution in [-0.4, -0.2) is 34.8 Å². The second-order valence-corrected chi connectivity index (χ2v) is 12.3. The lowest BCUT2D eigenvalue weighted by Gasteiger charge is -2.18. The highest BCUT2D eigenvalue weighted by Gasteiger charge is 2.30. The van der Waals surface area contributed by atoms with Crippen molar-refractivity contribution < 1.29 is 23.1 Å². The molecule has 0 saturated heterocycles. The van der Waals surface area contributed by atoms with Crippen molar-refractivity contribution in [2.45, 2.75) is 40.2 Å². The molecule has 0 atom stereocenters. The largest absolute Gasteiger partial charge is 0.462 e. The molecule has 0 unspecified atom stereocenters. The molecule has 7 nitrogen and oxygen atoms in total. The first-order valence-electron chi connectivity index (χ1n) is 13.3.